The lowest BCUT2D eigenvalue weighted by Gasteiger charge is -2.37. The van der Waals surface area contributed by atoms with Crippen molar-refractivity contribution in [2.75, 3.05) is 24.6 Å². The quantitative estimate of drug-likeness (QED) is 0.101. The van der Waals surface area contributed by atoms with E-state index in [-0.39, 0.29) is 42.8 Å². The molecule has 2 bridgehead atoms. The largest absolute Gasteiger partial charge is 0.455 e. The lowest BCUT2D eigenvalue weighted by molar-refractivity contribution is -0.162. The van der Waals surface area contributed by atoms with E-state index in [1.165, 1.54) is 9.80 Å². The van der Waals surface area contributed by atoms with Crippen LogP contribution in [-0.4, -0.2) is 82.0 Å². The van der Waals surface area contributed by atoms with E-state index < -0.39 is 53.6 Å². The van der Waals surface area contributed by atoms with Crippen LogP contribution in [0.1, 0.15) is 56.3 Å². The van der Waals surface area contributed by atoms with E-state index in [4.69, 9.17) is 21.1 Å². The zero-order valence-corrected chi connectivity index (χ0v) is 30.8. The molecule has 1 unspecified atom stereocenters. The maximum Gasteiger partial charge on any atom is 0.313 e. The van der Waals surface area contributed by atoms with Gasteiger partial charge in [-0.05, 0) is 56.7 Å². The second-order valence-corrected chi connectivity index (χ2v) is 14.8. The molecule has 5 rings (SSSR count). The van der Waals surface area contributed by atoms with Gasteiger partial charge in [0.25, 0.3) is 5.91 Å². The van der Waals surface area contributed by atoms with Crippen molar-refractivity contribution < 1.29 is 33.8 Å². The molecule has 2 aromatic rings. The Bertz CT molecular complexity index is 1590. The van der Waals surface area contributed by atoms with Crippen LogP contribution in [0.4, 0.5) is 5.69 Å². The number of aliphatic hydroxyl groups excluding tert-OH is 1. The summed E-state index contributed by atoms with van der Waals surface area (Å²) in [5, 5.41) is 12.9. The molecule has 1 spiro atoms. The Kier molecular flexibility index (Phi) is 12.2. The number of amides is 3. The summed E-state index contributed by atoms with van der Waals surface area (Å²) in [6.07, 6.45) is 3.58. The van der Waals surface area contributed by atoms with Crippen LogP contribution in [0.25, 0.3) is 0 Å². The summed E-state index contributed by atoms with van der Waals surface area (Å²) in [4.78, 5) is 59.3. The predicted molar refractivity (Wildman–Crippen MR) is 195 cm³/mol. The number of anilines is 1. The first-order valence-corrected chi connectivity index (χ1v) is 18.4. The summed E-state index contributed by atoms with van der Waals surface area (Å²) in [7, 11) is 0. The van der Waals surface area contributed by atoms with Crippen molar-refractivity contribution >= 4 is 56.9 Å². The van der Waals surface area contributed by atoms with Gasteiger partial charge in [-0.25, -0.2) is 0 Å². The number of halogens is 2. The Morgan fingerprint density at radius 3 is 2.58 bits per heavy atom. The molecule has 3 heterocycles. The van der Waals surface area contributed by atoms with Gasteiger partial charge >= 0.3 is 5.97 Å². The van der Waals surface area contributed by atoms with Crippen molar-refractivity contribution in [1.29, 1.82) is 0 Å². The third-order valence-corrected chi connectivity index (χ3v) is 11.1. The first-order chi connectivity index (χ1) is 24.0. The minimum absolute atomic E-state index is 0.0726. The smallest absolute Gasteiger partial charge is 0.313 e. The average Bonchev–Trinajstić information content (AvgIpc) is 3.68. The number of ether oxygens (including phenoxy) is 2. The van der Waals surface area contributed by atoms with E-state index in [1.54, 1.807) is 31.2 Å². The van der Waals surface area contributed by atoms with Gasteiger partial charge in [-0.3, -0.25) is 19.2 Å². The van der Waals surface area contributed by atoms with Gasteiger partial charge in [-0.2, -0.15) is 0 Å². The molecule has 0 saturated carbocycles. The second-order valence-electron chi connectivity index (χ2n) is 13.2. The van der Waals surface area contributed by atoms with Crippen LogP contribution >= 0.6 is 27.5 Å². The van der Waals surface area contributed by atoms with Crippen LogP contribution in [0.15, 0.2) is 73.8 Å². The molecule has 3 amide bonds. The number of nitrogens with one attached hydrogen (secondary N) is 1. The number of esters is 1. The summed E-state index contributed by atoms with van der Waals surface area (Å²) in [6, 6.07) is 12.8. The van der Waals surface area contributed by atoms with Crippen molar-refractivity contribution in [3.05, 3.63) is 90.0 Å². The molecule has 50 heavy (non-hydrogen) atoms. The van der Waals surface area contributed by atoms with Crippen molar-refractivity contribution in [2.24, 2.45) is 11.8 Å². The number of carbonyl (C=O) groups is 4. The number of alkyl halides is 1. The average molecular weight is 771 g/mol. The minimum Gasteiger partial charge on any atom is -0.455 e. The van der Waals surface area contributed by atoms with E-state index in [1.807, 2.05) is 43.3 Å². The van der Waals surface area contributed by atoms with Crippen LogP contribution < -0.4 is 10.2 Å². The molecule has 3 aliphatic rings. The number of rotatable bonds is 16. The maximum atomic E-state index is 14.9. The second kappa shape index (κ2) is 16.2. The number of hydrogen-bond donors (Lipinski definition) is 2. The fourth-order valence-electron chi connectivity index (χ4n) is 7.79. The normalized spacial score (nSPS) is 26.2. The molecule has 10 nitrogen and oxygen atoms in total. The molecular weight excluding hydrogens is 726 g/mol. The Balaban J connectivity index is 1.52. The summed E-state index contributed by atoms with van der Waals surface area (Å²) < 4.78 is 13.0. The molecule has 0 aromatic heterocycles. The number of aliphatic hydroxyl groups is 1. The van der Waals surface area contributed by atoms with Gasteiger partial charge < -0.3 is 29.7 Å². The Labute approximate surface area is 306 Å². The number of allylic oxidation sites excluding steroid dienone is 1. The zero-order chi connectivity index (χ0) is 36.2. The number of para-hydroxylation sites is 1. The van der Waals surface area contributed by atoms with Gasteiger partial charge in [0.05, 0.1) is 34.7 Å². The van der Waals surface area contributed by atoms with Crippen LogP contribution in [0.3, 0.4) is 0 Å². The van der Waals surface area contributed by atoms with Gasteiger partial charge in [0.2, 0.25) is 11.8 Å². The highest BCUT2D eigenvalue weighted by atomic mass is 79.9. The maximum absolute atomic E-state index is 14.9. The number of hydrogen-bond acceptors (Lipinski definition) is 7. The number of likely N-dealkylation sites (tertiary alicyclic amines) is 1. The van der Waals surface area contributed by atoms with Gasteiger partial charge in [0, 0.05) is 30.9 Å². The number of unbranched alkanes of at least 4 members (excludes halogenated alkanes) is 1. The summed E-state index contributed by atoms with van der Waals surface area (Å²) in [5.41, 5.74) is 0.623. The van der Waals surface area contributed by atoms with Crippen LogP contribution in [0.5, 0.6) is 0 Å². The number of nitrogens with zero attached hydrogens (tertiary/aromatic N) is 2. The van der Waals surface area contributed by atoms with Crippen LogP contribution in [0.2, 0.25) is 5.02 Å². The van der Waals surface area contributed by atoms with Crippen molar-refractivity contribution in [3.8, 4) is 0 Å². The Hall–Kier alpha value is -3.51. The van der Waals surface area contributed by atoms with Crippen molar-refractivity contribution in [2.45, 2.75) is 80.7 Å². The van der Waals surface area contributed by atoms with E-state index in [9.17, 15) is 24.3 Å². The highest BCUT2D eigenvalue weighted by molar-refractivity contribution is 9.09. The van der Waals surface area contributed by atoms with Crippen LogP contribution in [-0.2, 0) is 28.7 Å². The minimum atomic E-state index is -1.34. The molecule has 8 atom stereocenters. The molecule has 268 valence electrons. The highest BCUT2D eigenvalue weighted by Gasteiger charge is 2.77. The first kappa shape index (κ1) is 37.7. The lowest BCUT2D eigenvalue weighted by atomic mass is 9.70. The van der Waals surface area contributed by atoms with Crippen LogP contribution in [0, 0.1) is 18.8 Å². The van der Waals surface area contributed by atoms with E-state index in [2.05, 4.69) is 34.4 Å². The molecule has 0 radical (unpaired) electrons. The molecule has 0 aliphatic carbocycles. The Morgan fingerprint density at radius 2 is 1.92 bits per heavy atom. The number of carbonyl (C=O) groups excluding carboxylic acids is 4. The molecule has 3 aliphatic heterocycles. The molecule has 3 saturated heterocycles. The SMILES string of the molecule is C=CCCC(=O)N[C@H](C)[C@@H](OC(=O)[C@@H]1[C@H]2O[C@@]3(CC2Br)[C@H](C(=O)N(CC=C)c2c(C)cccc2Cl)N(CCCCO)C(=O)[C@@H]13)c1ccccc1. The molecule has 3 fully saturated rings. The van der Waals surface area contributed by atoms with E-state index >= 15 is 0 Å². The third-order valence-electron chi connectivity index (χ3n) is 9.93. The molecular formula is C38H45BrClN3O7. The van der Waals surface area contributed by atoms with Gasteiger partial charge in [0.1, 0.15) is 17.7 Å². The molecule has 12 heteroatoms. The van der Waals surface area contributed by atoms with Crippen molar-refractivity contribution in [1.82, 2.24) is 10.2 Å². The van der Waals surface area contributed by atoms with Gasteiger partial charge in [0.15, 0.2) is 0 Å². The number of benzene rings is 2. The Morgan fingerprint density at radius 1 is 1.18 bits per heavy atom. The summed E-state index contributed by atoms with van der Waals surface area (Å²) in [5.74, 6) is -3.64. The monoisotopic (exact) mass is 769 g/mol. The van der Waals surface area contributed by atoms with Gasteiger partial charge in [-0.15, -0.1) is 13.2 Å². The lowest BCUT2D eigenvalue weighted by Crippen LogP contribution is -2.57. The topological polar surface area (TPSA) is 125 Å². The standard InChI is InChI=1S/C38H45BrClN3O7/c1-5-7-18-28(45)41-24(4)32(25-15-9-8-10-16-25)49-37(48)29-30-35(46)43(20-11-12-21-44)34(38(30)22-26(39)33(29)50-38)36(47)42(19-6-2)31-23(3)14-13-17-27(31)40/h5-6,8-10,13-17,24,26,29-30,32-34,44H,1-2,7,11-12,18-22H2,3-4H3,(H,41,45)/t24-,26?,29+,30-,32-,33+,34+,38-/m1/s1. The first-order valence-electron chi connectivity index (χ1n) is 17.1. The van der Waals surface area contributed by atoms with E-state index in [0.29, 0.717) is 42.0 Å². The van der Waals surface area contributed by atoms with Gasteiger partial charge in [-0.1, -0.05) is 82.1 Å². The summed E-state index contributed by atoms with van der Waals surface area (Å²) >= 11 is 10.4. The highest BCUT2D eigenvalue weighted by Crippen LogP contribution is 2.60. The fourth-order valence-corrected chi connectivity index (χ4v) is 9.05. The third kappa shape index (κ3) is 7.15. The fraction of sp³-hybridized carbons (Fsp3) is 0.474. The van der Waals surface area contributed by atoms with E-state index in [0.717, 1.165) is 5.56 Å². The zero-order valence-electron chi connectivity index (χ0n) is 28.4. The summed E-state index contributed by atoms with van der Waals surface area (Å²) in [6.45, 7) is 11.4. The number of aryl methyl sites for hydroxylation is 1. The molecule has 2 aromatic carbocycles. The molecule has 2 N–H and O–H groups in total. The predicted octanol–water partition coefficient (Wildman–Crippen LogP) is 5.44. The number of fused-ring (bicyclic) bond motifs is 1. The van der Waals surface area contributed by atoms with Crippen molar-refractivity contribution in [3.63, 3.8) is 0 Å².